The van der Waals surface area contributed by atoms with Crippen LogP contribution in [0, 0.1) is 0 Å². The number of fused-ring (bicyclic) bond motifs is 1. The van der Waals surface area contributed by atoms with Crippen molar-refractivity contribution in [2.45, 2.75) is 31.7 Å². The molecule has 0 aliphatic carbocycles. The van der Waals surface area contributed by atoms with Gasteiger partial charge in [0.2, 0.25) is 11.3 Å². The predicted octanol–water partition coefficient (Wildman–Crippen LogP) is 4.14. The standard InChI is InChI=1S/C30H33ClN6O4/c1-35(2)27-10-9-20(16-34-27)37-17-23(30(39)40)28(38)22-14-24(31)26(15-25(22)37)36-13-5-8-21(36)18-41-29-19(6-3-11-32)7-4-12-33-29/h4,7,9-10,12,14-17,21H,3,5-6,8,11,13,18,32H2,1-2H3,(H,39,40)/t21-/m1/s1. The van der Waals surface area contributed by atoms with E-state index in [0.29, 0.717) is 35.3 Å². The number of benzene rings is 1. The van der Waals surface area contributed by atoms with Gasteiger partial charge >= 0.3 is 5.97 Å². The van der Waals surface area contributed by atoms with Crippen molar-refractivity contribution in [3.05, 3.63) is 81.4 Å². The summed E-state index contributed by atoms with van der Waals surface area (Å²) in [5.41, 5.74) is 7.71. The second-order valence-electron chi connectivity index (χ2n) is 10.3. The Hall–Kier alpha value is -4.15. The number of carboxylic acids is 1. The maximum Gasteiger partial charge on any atom is 0.341 e. The van der Waals surface area contributed by atoms with Gasteiger partial charge in [0.1, 0.15) is 18.0 Å². The number of carboxylic acid groups (broad SMARTS) is 1. The van der Waals surface area contributed by atoms with Gasteiger partial charge in [-0.05, 0) is 62.6 Å². The molecule has 1 aromatic carbocycles. The van der Waals surface area contributed by atoms with Gasteiger partial charge in [-0.1, -0.05) is 17.7 Å². The summed E-state index contributed by atoms with van der Waals surface area (Å²) in [7, 11) is 3.77. The van der Waals surface area contributed by atoms with E-state index in [1.165, 1.54) is 6.20 Å². The summed E-state index contributed by atoms with van der Waals surface area (Å²) in [6.07, 6.45) is 8.23. The predicted molar refractivity (Wildman–Crippen MR) is 161 cm³/mol. The molecule has 4 aromatic rings. The first-order valence-electron chi connectivity index (χ1n) is 13.6. The lowest BCUT2D eigenvalue weighted by molar-refractivity contribution is 0.0695. The molecule has 5 rings (SSSR count). The molecule has 0 spiro atoms. The zero-order valence-electron chi connectivity index (χ0n) is 23.1. The van der Waals surface area contributed by atoms with Crippen LogP contribution in [0.2, 0.25) is 5.02 Å². The number of anilines is 2. The molecular weight excluding hydrogens is 544 g/mol. The molecule has 0 radical (unpaired) electrons. The first-order valence-corrected chi connectivity index (χ1v) is 14.0. The zero-order valence-corrected chi connectivity index (χ0v) is 23.8. The Bertz CT molecular complexity index is 1620. The van der Waals surface area contributed by atoms with Crippen LogP contribution in [-0.2, 0) is 6.42 Å². The van der Waals surface area contributed by atoms with Crippen molar-refractivity contribution >= 4 is 40.0 Å². The fraction of sp³-hybridized carbons (Fsp3) is 0.333. The number of aryl methyl sites for hydroxylation is 1. The summed E-state index contributed by atoms with van der Waals surface area (Å²) in [5.74, 6) is 0.0576. The van der Waals surface area contributed by atoms with E-state index in [4.69, 9.17) is 22.1 Å². The maximum absolute atomic E-state index is 13.2. The van der Waals surface area contributed by atoms with E-state index in [1.54, 1.807) is 23.0 Å². The largest absolute Gasteiger partial charge is 0.477 e. The van der Waals surface area contributed by atoms with Crippen LogP contribution in [-0.4, -0.2) is 65.4 Å². The van der Waals surface area contributed by atoms with E-state index in [-0.39, 0.29) is 17.0 Å². The Balaban J connectivity index is 1.53. The van der Waals surface area contributed by atoms with Crippen molar-refractivity contribution in [3.8, 4) is 11.6 Å². The molecule has 0 saturated carbocycles. The zero-order chi connectivity index (χ0) is 29.1. The van der Waals surface area contributed by atoms with E-state index in [0.717, 1.165) is 49.3 Å². The van der Waals surface area contributed by atoms with E-state index in [2.05, 4.69) is 14.9 Å². The lowest BCUT2D eigenvalue weighted by Crippen LogP contribution is -2.34. The average Bonchev–Trinajstić information content (AvgIpc) is 3.44. The number of rotatable bonds is 10. The van der Waals surface area contributed by atoms with Crippen LogP contribution in [0.4, 0.5) is 11.5 Å². The Morgan fingerprint density at radius 2 is 2.07 bits per heavy atom. The number of halogens is 1. The number of carbonyl (C=O) groups is 1. The van der Waals surface area contributed by atoms with Gasteiger partial charge in [0.15, 0.2) is 0 Å². The van der Waals surface area contributed by atoms with Crippen LogP contribution < -0.4 is 25.7 Å². The van der Waals surface area contributed by atoms with Crippen LogP contribution in [0.15, 0.2) is 59.8 Å². The molecule has 0 unspecified atom stereocenters. The van der Waals surface area contributed by atoms with Crippen LogP contribution in [0.5, 0.6) is 5.88 Å². The fourth-order valence-corrected chi connectivity index (χ4v) is 5.52. The number of aromatic nitrogens is 3. The van der Waals surface area contributed by atoms with Crippen LogP contribution in [0.1, 0.15) is 35.2 Å². The van der Waals surface area contributed by atoms with E-state index in [1.807, 2.05) is 49.3 Å². The lowest BCUT2D eigenvalue weighted by atomic mass is 10.1. The Morgan fingerprint density at radius 1 is 1.24 bits per heavy atom. The van der Waals surface area contributed by atoms with Gasteiger partial charge in [0.25, 0.3) is 0 Å². The molecule has 0 bridgehead atoms. The molecule has 4 heterocycles. The number of ether oxygens (including phenoxy) is 1. The van der Waals surface area contributed by atoms with Gasteiger partial charge in [-0.15, -0.1) is 0 Å². The van der Waals surface area contributed by atoms with Crippen molar-refractivity contribution in [1.82, 2.24) is 14.5 Å². The third kappa shape index (κ3) is 5.84. The summed E-state index contributed by atoms with van der Waals surface area (Å²) in [5, 5.41) is 10.4. The van der Waals surface area contributed by atoms with Gasteiger partial charge in [-0.3, -0.25) is 4.79 Å². The van der Waals surface area contributed by atoms with E-state index >= 15 is 0 Å². The minimum Gasteiger partial charge on any atom is -0.477 e. The monoisotopic (exact) mass is 576 g/mol. The Morgan fingerprint density at radius 3 is 2.78 bits per heavy atom. The molecule has 1 atom stereocenters. The molecule has 1 fully saturated rings. The highest BCUT2D eigenvalue weighted by Gasteiger charge is 2.29. The van der Waals surface area contributed by atoms with Gasteiger partial charge in [0, 0.05) is 44.0 Å². The lowest BCUT2D eigenvalue weighted by Gasteiger charge is -2.28. The highest BCUT2D eigenvalue weighted by molar-refractivity contribution is 6.34. The fourth-order valence-electron chi connectivity index (χ4n) is 5.24. The normalized spacial score (nSPS) is 14.9. The summed E-state index contributed by atoms with van der Waals surface area (Å²) < 4.78 is 7.90. The molecule has 1 aliphatic rings. The van der Waals surface area contributed by atoms with Crippen LogP contribution in [0.25, 0.3) is 16.6 Å². The topological polar surface area (TPSA) is 127 Å². The van der Waals surface area contributed by atoms with Crippen molar-refractivity contribution < 1.29 is 14.6 Å². The highest BCUT2D eigenvalue weighted by atomic mass is 35.5. The highest BCUT2D eigenvalue weighted by Crippen LogP contribution is 2.36. The molecule has 41 heavy (non-hydrogen) atoms. The quantitative estimate of drug-likeness (QED) is 0.286. The molecule has 10 nitrogen and oxygen atoms in total. The van der Waals surface area contributed by atoms with E-state index < -0.39 is 11.4 Å². The first-order chi connectivity index (χ1) is 19.8. The van der Waals surface area contributed by atoms with Crippen molar-refractivity contribution in [2.24, 2.45) is 5.73 Å². The Kier molecular flexibility index (Phi) is 8.41. The first kappa shape index (κ1) is 28.4. The summed E-state index contributed by atoms with van der Waals surface area (Å²) >= 11 is 6.79. The smallest absolute Gasteiger partial charge is 0.341 e. The van der Waals surface area contributed by atoms with Crippen molar-refractivity contribution in [1.29, 1.82) is 0 Å². The number of hydrogen-bond donors (Lipinski definition) is 2. The summed E-state index contributed by atoms with van der Waals surface area (Å²) in [6.45, 7) is 1.78. The molecule has 0 amide bonds. The molecule has 1 saturated heterocycles. The van der Waals surface area contributed by atoms with Crippen molar-refractivity contribution in [2.75, 3.05) is 43.6 Å². The number of pyridine rings is 3. The average molecular weight is 577 g/mol. The molecular formula is C30H33ClN6O4. The third-order valence-corrected chi connectivity index (χ3v) is 7.67. The molecule has 1 aliphatic heterocycles. The minimum atomic E-state index is -1.30. The van der Waals surface area contributed by atoms with Crippen molar-refractivity contribution in [3.63, 3.8) is 0 Å². The summed E-state index contributed by atoms with van der Waals surface area (Å²) in [6, 6.07) is 11.0. The van der Waals surface area contributed by atoms with E-state index in [9.17, 15) is 14.7 Å². The van der Waals surface area contributed by atoms with Gasteiger partial charge in [-0.2, -0.15) is 0 Å². The minimum absolute atomic E-state index is 0.0359. The van der Waals surface area contributed by atoms with Crippen LogP contribution >= 0.6 is 11.6 Å². The summed E-state index contributed by atoms with van der Waals surface area (Å²) in [4.78, 5) is 38.1. The van der Waals surface area contributed by atoms with Crippen LogP contribution in [0.3, 0.4) is 0 Å². The second kappa shape index (κ2) is 12.2. The number of nitrogens with zero attached hydrogens (tertiary/aromatic N) is 5. The maximum atomic E-state index is 13.2. The van der Waals surface area contributed by atoms with Gasteiger partial charge < -0.3 is 29.9 Å². The van der Waals surface area contributed by atoms with Gasteiger partial charge in [0.05, 0.1) is 34.2 Å². The SMILES string of the molecule is CN(C)c1ccc(-n2cc(C(=O)O)c(=O)c3cc(Cl)c(N4CCC[C@@H]4COc4ncccc4CCCN)cc32)cn1. The molecule has 3 N–H and O–H groups in total. The molecule has 214 valence electrons. The molecule has 11 heteroatoms. The number of hydrogen-bond acceptors (Lipinski definition) is 8. The molecule has 3 aromatic heterocycles. The second-order valence-corrected chi connectivity index (χ2v) is 10.7. The van der Waals surface area contributed by atoms with Gasteiger partial charge in [-0.25, -0.2) is 14.8 Å². The third-order valence-electron chi connectivity index (χ3n) is 7.37. The Labute approximate surface area is 242 Å². The number of nitrogens with two attached hydrogens (primary N) is 1. The number of aromatic carboxylic acids is 1.